The molecular weight excluding hydrogens is 262 g/mol. The largest absolute Gasteiger partial charge is 0.353 e. The summed E-state index contributed by atoms with van der Waals surface area (Å²) in [6.45, 7) is 7.97. The van der Waals surface area contributed by atoms with E-state index in [0.717, 1.165) is 32.5 Å². The third kappa shape index (κ3) is 7.25. The van der Waals surface area contributed by atoms with E-state index in [1.165, 1.54) is 5.56 Å². The predicted molar refractivity (Wildman–Crippen MR) is 88.2 cm³/mol. The molecule has 0 saturated carbocycles. The number of nitrogens with zero attached hydrogens (tertiary/aromatic N) is 1. The van der Waals surface area contributed by atoms with Crippen LogP contribution in [0.15, 0.2) is 30.3 Å². The second-order valence-corrected chi connectivity index (χ2v) is 5.36. The summed E-state index contributed by atoms with van der Waals surface area (Å²) in [5, 5.41) is 2.94. The molecule has 3 N–H and O–H groups in total. The van der Waals surface area contributed by atoms with E-state index >= 15 is 0 Å². The summed E-state index contributed by atoms with van der Waals surface area (Å²) in [6, 6.07) is 9.71. The Kier molecular flexibility index (Phi) is 8.71. The average molecular weight is 291 g/mol. The van der Waals surface area contributed by atoms with Crippen LogP contribution in [0.5, 0.6) is 0 Å². The Labute approximate surface area is 128 Å². The second kappa shape index (κ2) is 10.4. The molecule has 0 radical (unpaired) electrons. The zero-order valence-corrected chi connectivity index (χ0v) is 13.3. The third-order valence-electron chi connectivity index (χ3n) is 3.64. The summed E-state index contributed by atoms with van der Waals surface area (Å²) in [5.74, 6) is -0.0431. The average Bonchev–Trinajstić information content (AvgIpc) is 2.52. The van der Waals surface area contributed by atoms with E-state index in [9.17, 15) is 4.79 Å². The molecule has 1 amide bonds. The highest BCUT2D eigenvalue weighted by Gasteiger charge is 2.13. The highest BCUT2D eigenvalue weighted by molar-refractivity contribution is 5.81. The van der Waals surface area contributed by atoms with Gasteiger partial charge in [0.1, 0.15) is 0 Å². The van der Waals surface area contributed by atoms with Gasteiger partial charge in [0.15, 0.2) is 0 Å². The van der Waals surface area contributed by atoms with Crippen LogP contribution >= 0.6 is 0 Å². The number of benzene rings is 1. The van der Waals surface area contributed by atoms with Crippen molar-refractivity contribution in [3.63, 3.8) is 0 Å². The summed E-state index contributed by atoms with van der Waals surface area (Å²) in [6.07, 6.45) is 2.66. The molecule has 1 aromatic carbocycles. The van der Waals surface area contributed by atoms with Crippen LogP contribution in [-0.2, 0) is 11.2 Å². The minimum atomic E-state index is -0.425. The van der Waals surface area contributed by atoms with Crippen molar-refractivity contribution in [3.8, 4) is 0 Å². The quantitative estimate of drug-likeness (QED) is 0.691. The topological polar surface area (TPSA) is 58.4 Å². The van der Waals surface area contributed by atoms with Crippen LogP contribution in [0.4, 0.5) is 0 Å². The van der Waals surface area contributed by atoms with E-state index < -0.39 is 6.04 Å². The first-order chi connectivity index (χ1) is 10.2. The second-order valence-electron chi connectivity index (χ2n) is 5.36. The van der Waals surface area contributed by atoms with Crippen molar-refractivity contribution >= 4 is 5.91 Å². The first-order valence-corrected chi connectivity index (χ1v) is 7.97. The molecule has 0 saturated heterocycles. The van der Waals surface area contributed by atoms with Gasteiger partial charge in [-0.3, -0.25) is 4.79 Å². The number of hydrogen-bond acceptors (Lipinski definition) is 3. The van der Waals surface area contributed by atoms with E-state index in [-0.39, 0.29) is 5.91 Å². The van der Waals surface area contributed by atoms with E-state index in [4.69, 9.17) is 5.73 Å². The van der Waals surface area contributed by atoms with E-state index in [0.29, 0.717) is 13.0 Å². The molecule has 118 valence electrons. The number of likely N-dealkylation sites (N-methyl/N-ethyl adjacent to an activating group) is 1. The lowest BCUT2D eigenvalue weighted by atomic mass is 10.1. The molecule has 1 atom stereocenters. The Hall–Kier alpha value is -1.39. The monoisotopic (exact) mass is 291 g/mol. The lowest BCUT2D eigenvalue weighted by Crippen LogP contribution is -2.43. The van der Waals surface area contributed by atoms with Crippen LogP contribution in [-0.4, -0.2) is 43.0 Å². The number of nitrogens with one attached hydrogen (secondary N) is 1. The Balaban J connectivity index is 2.22. The number of rotatable bonds is 10. The first kappa shape index (κ1) is 17.7. The Morgan fingerprint density at radius 2 is 1.95 bits per heavy atom. The fourth-order valence-electron chi connectivity index (χ4n) is 2.31. The number of carbonyl (C=O) groups excluding carboxylic acids is 1. The molecule has 4 heteroatoms. The summed E-state index contributed by atoms with van der Waals surface area (Å²) < 4.78 is 0. The smallest absolute Gasteiger partial charge is 0.236 e. The first-order valence-electron chi connectivity index (χ1n) is 7.97. The highest BCUT2D eigenvalue weighted by atomic mass is 16.2. The fourth-order valence-corrected chi connectivity index (χ4v) is 2.31. The SMILES string of the molecule is CCCN(CC)CCNC(=O)[C@@H](N)CCc1ccccc1. The standard InChI is InChI=1S/C17H29N3O/c1-3-13-20(4-2)14-12-19-17(21)16(18)11-10-15-8-6-5-7-9-15/h5-9,16H,3-4,10-14,18H2,1-2H3,(H,19,21)/t16-/m0/s1. The van der Waals surface area contributed by atoms with Gasteiger partial charge in [0.25, 0.3) is 0 Å². The molecular formula is C17H29N3O. The summed E-state index contributed by atoms with van der Waals surface area (Å²) in [5.41, 5.74) is 7.17. The zero-order valence-electron chi connectivity index (χ0n) is 13.3. The van der Waals surface area contributed by atoms with Gasteiger partial charge in [-0.25, -0.2) is 0 Å². The maximum absolute atomic E-state index is 11.9. The molecule has 1 aromatic rings. The fraction of sp³-hybridized carbons (Fsp3) is 0.588. The van der Waals surface area contributed by atoms with Crippen LogP contribution in [0.25, 0.3) is 0 Å². The van der Waals surface area contributed by atoms with Crippen molar-refractivity contribution in [1.82, 2.24) is 10.2 Å². The van der Waals surface area contributed by atoms with Crippen molar-refractivity contribution in [1.29, 1.82) is 0 Å². The van der Waals surface area contributed by atoms with E-state index in [1.807, 2.05) is 18.2 Å². The van der Waals surface area contributed by atoms with Gasteiger partial charge in [0, 0.05) is 13.1 Å². The molecule has 1 rings (SSSR count). The van der Waals surface area contributed by atoms with Gasteiger partial charge in [-0.2, -0.15) is 0 Å². The normalized spacial score (nSPS) is 12.4. The number of nitrogens with two attached hydrogens (primary N) is 1. The lowest BCUT2D eigenvalue weighted by molar-refractivity contribution is -0.122. The zero-order chi connectivity index (χ0) is 15.5. The molecule has 21 heavy (non-hydrogen) atoms. The molecule has 0 spiro atoms. The molecule has 0 fully saturated rings. The maximum Gasteiger partial charge on any atom is 0.236 e. The highest BCUT2D eigenvalue weighted by Crippen LogP contribution is 2.04. The van der Waals surface area contributed by atoms with Crippen LogP contribution in [0, 0.1) is 0 Å². The van der Waals surface area contributed by atoms with Gasteiger partial charge >= 0.3 is 0 Å². The lowest BCUT2D eigenvalue weighted by Gasteiger charge is -2.20. The number of carbonyl (C=O) groups is 1. The van der Waals surface area contributed by atoms with Crippen LogP contribution in [0.1, 0.15) is 32.3 Å². The molecule has 0 heterocycles. The van der Waals surface area contributed by atoms with Crippen molar-refractivity contribution in [3.05, 3.63) is 35.9 Å². The van der Waals surface area contributed by atoms with Gasteiger partial charge in [-0.15, -0.1) is 0 Å². The maximum atomic E-state index is 11.9. The van der Waals surface area contributed by atoms with Gasteiger partial charge in [-0.05, 0) is 37.9 Å². The number of hydrogen-bond donors (Lipinski definition) is 2. The van der Waals surface area contributed by atoms with Gasteiger partial charge < -0.3 is 16.0 Å². The van der Waals surface area contributed by atoms with Gasteiger partial charge in [-0.1, -0.05) is 44.2 Å². The predicted octanol–water partition coefficient (Wildman–Crippen LogP) is 1.79. The summed E-state index contributed by atoms with van der Waals surface area (Å²) in [4.78, 5) is 14.3. The van der Waals surface area contributed by atoms with E-state index in [1.54, 1.807) is 0 Å². The number of aryl methyl sites for hydroxylation is 1. The molecule has 0 unspecified atom stereocenters. The Morgan fingerprint density at radius 1 is 1.24 bits per heavy atom. The molecule has 0 aliphatic rings. The van der Waals surface area contributed by atoms with E-state index in [2.05, 4.69) is 36.2 Å². The summed E-state index contributed by atoms with van der Waals surface area (Å²) in [7, 11) is 0. The molecule has 4 nitrogen and oxygen atoms in total. The Bertz CT molecular complexity index is 394. The van der Waals surface area contributed by atoms with Crippen molar-refractivity contribution in [2.24, 2.45) is 5.73 Å². The van der Waals surface area contributed by atoms with Crippen molar-refractivity contribution in [2.75, 3.05) is 26.2 Å². The van der Waals surface area contributed by atoms with Gasteiger partial charge in [0.2, 0.25) is 5.91 Å². The van der Waals surface area contributed by atoms with Crippen LogP contribution < -0.4 is 11.1 Å². The van der Waals surface area contributed by atoms with Crippen molar-refractivity contribution in [2.45, 2.75) is 39.2 Å². The number of amides is 1. The van der Waals surface area contributed by atoms with Crippen LogP contribution in [0.2, 0.25) is 0 Å². The van der Waals surface area contributed by atoms with Crippen LogP contribution in [0.3, 0.4) is 0 Å². The molecule has 0 aliphatic carbocycles. The van der Waals surface area contributed by atoms with Gasteiger partial charge in [0.05, 0.1) is 6.04 Å². The Morgan fingerprint density at radius 3 is 2.57 bits per heavy atom. The molecule has 0 aliphatic heterocycles. The minimum Gasteiger partial charge on any atom is -0.353 e. The molecule has 0 aromatic heterocycles. The van der Waals surface area contributed by atoms with Crippen molar-refractivity contribution < 1.29 is 4.79 Å². The third-order valence-corrected chi connectivity index (χ3v) is 3.64. The minimum absolute atomic E-state index is 0.0431. The summed E-state index contributed by atoms with van der Waals surface area (Å²) >= 11 is 0. The molecule has 0 bridgehead atoms.